The molecule has 1 aromatic rings. The van der Waals surface area contributed by atoms with Gasteiger partial charge >= 0.3 is 5.97 Å². The lowest BCUT2D eigenvalue weighted by Gasteiger charge is -2.31. The van der Waals surface area contributed by atoms with Crippen molar-refractivity contribution >= 4 is 5.97 Å². The van der Waals surface area contributed by atoms with Gasteiger partial charge in [-0.2, -0.15) is 0 Å². The van der Waals surface area contributed by atoms with Crippen molar-refractivity contribution in [3.05, 3.63) is 18.2 Å². The van der Waals surface area contributed by atoms with Crippen LogP contribution in [0.4, 0.5) is 0 Å². The Morgan fingerprint density at radius 3 is 2.67 bits per heavy atom. The highest BCUT2D eigenvalue weighted by atomic mass is 16.4. The molecule has 1 aromatic heterocycles. The number of hydrogen-bond acceptors (Lipinski definition) is 3. The molecule has 0 fully saturated rings. The van der Waals surface area contributed by atoms with E-state index in [-0.39, 0.29) is 0 Å². The molecule has 0 atom stereocenters. The second-order valence-corrected chi connectivity index (χ2v) is 4.22. The van der Waals surface area contributed by atoms with E-state index in [0.29, 0.717) is 6.54 Å². The summed E-state index contributed by atoms with van der Waals surface area (Å²) in [6, 6.07) is 0. The molecule has 84 valence electrons. The molecular weight excluding hydrogens is 194 g/mol. The van der Waals surface area contributed by atoms with Crippen molar-refractivity contribution in [2.24, 2.45) is 7.05 Å². The van der Waals surface area contributed by atoms with Crippen molar-refractivity contribution in [1.29, 1.82) is 0 Å². The van der Waals surface area contributed by atoms with E-state index in [1.165, 1.54) is 0 Å². The molecule has 1 rings (SSSR count). The third-order valence-electron chi connectivity index (χ3n) is 2.79. The number of aliphatic carboxylic acids is 1. The molecule has 15 heavy (non-hydrogen) atoms. The van der Waals surface area contributed by atoms with E-state index in [0.717, 1.165) is 5.69 Å². The van der Waals surface area contributed by atoms with Gasteiger partial charge in [-0.15, -0.1) is 0 Å². The lowest BCUT2D eigenvalue weighted by Crippen LogP contribution is -2.47. The van der Waals surface area contributed by atoms with E-state index in [1.807, 2.05) is 11.6 Å². The van der Waals surface area contributed by atoms with Crippen LogP contribution >= 0.6 is 0 Å². The zero-order valence-corrected chi connectivity index (χ0v) is 9.56. The fourth-order valence-electron chi connectivity index (χ4n) is 1.14. The molecule has 0 radical (unpaired) electrons. The molecule has 0 saturated carbocycles. The second-order valence-electron chi connectivity index (χ2n) is 4.22. The van der Waals surface area contributed by atoms with Gasteiger partial charge in [-0.05, 0) is 20.9 Å². The number of imidazole rings is 1. The number of nitrogens with zero attached hydrogens (tertiary/aromatic N) is 3. The molecule has 0 aromatic carbocycles. The fourth-order valence-corrected chi connectivity index (χ4v) is 1.14. The minimum atomic E-state index is -0.871. The van der Waals surface area contributed by atoms with Crippen LogP contribution in [-0.4, -0.2) is 38.1 Å². The van der Waals surface area contributed by atoms with Crippen LogP contribution in [0.2, 0.25) is 0 Å². The van der Waals surface area contributed by atoms with Gasteiger partial charge in [0.1, 0.15) is 5.54 Å². The van der Waals surface area contributed by atoms with Gasteiger partial charge in [0.25, 0.3) is 0 Å². The van der Waals surface area contributed by atoms with E-state index in [4.69, 9.17) is 5.11 Å². The van der Waals surface area contributed by atoms with Crippen molar-refractivity contribution in [2.75, 3.05) is 7.05 Å². The number of carbonyl (C=O) groups is 1. The van der Waals surface area contributed by atoms with Crippen molar-refractivity contribution in [2.45, 2.75) is 25.9 Å². The van der Waals surface area contributed by atoms with Crippen molar-refractivity contribution in [3.8, 4) is 0 Å². The lowest BCUT2D eigenvalue weighted by atomic mass is 10.0. The molecule has 0 spiro atoms. The molecule has 0 aliphatic heterocycles. The Kier molecular flexibility index (Phi) is 3.14. The Balaban J connectivity index is 2.76. The van der Waals surface area contributed by atoms with Crippen LogP contribution in [0.1, 0.15) is 19.5 Å². The van der Waals surface area contributed by atoms with E-state index in [2.05, 4.69) is 4.98 Å². The minimum Gasteiger partial charge on any atom is -0.480 e. The highest BCUT2D eigenvalue weighted by Crippen LogP contribution is 2.15. The van der Waals surface area contributed by atoms with Crippen molar-refractivity contribution in [1.82, 2.24) is 14.5 Å². The second kappa shape index (κ2) is 4.02. The molecule has 0 bridgehead atoms. The maximum Gasteiger partial charge on any atom is 0.323 e. The molecule has 5 heteroatoms. The summed E-state index contributed by atoms with van der Waals surface area (Å²) in [5, 5.41) is 9.05. The fraction of sp³-hybridized carbons (Fsp3) is 0.600. The van der Waals surface area contributed by atoms with Gasteiger partial charge in [-0.25, -0.2) is 4.98 Å². The smallest absolute Gasteiger partial charge is 0.323 e. The number of aryl methyl sites for hydroxylation is 1. The molecule has 0 saturated heterocycles. The van der Waals surface area contributed by atoms with E-state index < -0.39 is 11.5 Å². The molecule has 0 unspecified atom stereocenters. The first-order valence-electron chi connectivity index (χ1n) is 4.75. The Morgan fingerprint density at radius 1 is 1.67 bits per heavy atom. The van der Waals surface area contributed by atoms with Gasteiger partial charge in [0.05, 0.1) is 12.0 Å². The topological polar surface area (TPSA) is 58.4 Å². The predicted octanol–water partition coefficient (Wildman–Crippen LogP) is 0.715. The first-order valence-corrected chi connectivity index (χ1v) is 4.75. The first-order chi connectivity index (χ1) is 6.85. The zero-order chi connectivity index (χ0) is 11.6. The third-order valence-corrected chi connectivity index (χ3v) is 2.79. The zero-order valence-electron chi connectivity index (χ0n) is 9.56. The number of likely N-dealkylation sites (N-methyl/N-ethyl adjacent to an activating group) is 1. The Labute approximate surface area is 89.3 Å². The number of carboxylic acid groups (broad SMARTS) is 1. The summed E-state index contributed by atoms with van der Waals surface area (Å²) in [5.41, 5.74) is 0.122. The van der Waals surface area contributed by atoms with Gasteiger partial charge in [-0.1, -0.05) is 0 Å². The maximum atomic E-state index is 11.0. The molecule has 1 N–H and O–H groups in total. The van der Waals surface area contributed by atoms with Crippen LogP contribution in [0.3, 0.4) is 0 Å². The number of carboxylic acids is 1. The van der Waals surface area contributed by atoms with Crippen molar-refractivity contribution < 1.29 is 9.90 Å². The van der Waals surface area contributed by atoms with E-state index in [1.54, 1.807) is 38.3 Å². The molecule has 5 nitrogen and oxygen atoms in total. The number of aromatic nitrogens is 2. The molecule has 0 aliphatic rings. The number of rotatable bonds is 4. The molecular formula is C10H17N3O2. The summed E-state index contributed by atoms with van der Waals surface area (Å²) in [6.45, 7) is 3.94. The lowest BCUT2D eigenvalue weighted by molar-refractivity contribution is -0.148. The van der Waals surface area contributed by atoms with Gasteiger partial charge in [0.15, 0.2) is 0 Å². The number of hydrogen-bond donors (Lipinski definition) is 1. The highest BCUT2D eigenvalue weighted by Gasteiger charge is 2.32. The summed E-state index contributed by atoms with van der Waals surface area (Å²) < 4.78 is 1.88. The van der Waals surface area contributed by atoms with Crippen LogP contribution < -0.4 is 0 Å². The highest BCUT2D eigenvalue weighted by molar-refractivity contribution is 5.77. The predicted molar refractivity (Wildman–Crippen MR) is 56.4 cm³/mol. The Morgan fingerprint density at radius 2 is 2.27 bits per heavy atom. The first kappa shape index (κ1) is 11.7. The summed E-state index contributed by atoms with van der Waals surface area (Å²) >= 11 is 0. The standard InChI is InChI=1S/C10H17N3O2/c1-10(2,9(14)15)13(4)6-8-5-11-7-12(8)3/h5,7H,6H2,1-4H3,(H,14,15). The SMILES string of the molecule is CN(Cc1cncn1C)C(C)(C)C(=O)O. The Bertz CT molecular complexity index is 357. The maximum absolute atomic E-state index is 11.0. The molecule has 0 aliphatic carbocycles. The van der Waals surface area contributed by atoms with Crippen LogP contribution in [-0.2, 0) is 18.4 Å². The van der Waals surface area contributed by atoms with E-state index in [9.17, 15) is 4.79 Å². The largest absolute Gasteiger partial charge is 0.480 e. The normalized spacial score (nSPS) is 12.1. The van der Waals surface area contributed by atoms with Crippen molar-refractivity contribution in [3.63, 3.8) is 0 Å². The average Bonchev–Trinajstić information content (AvgIpc) is 2.51. The quantitative estimate of drug-likeness (QED) is 0.797. The Hall–Kier alpha value is -1.36. The minimum absolute atomic E-state index is 0.565. The monoisotopic (exact) mass is 211 g/mol. The summed E-state index contributed by atoms with van der Waals surface area (Å²) in [6.07, 6.45) is 3.45. The van der Waals surface area contributed by atoms with Gasteiger partial charge < -0.3 is 9.67 Å². The summed E-state index contributed by atoms with van der Waals surface area (Å²) in [4.78, 5) is 16.8. The summed E-state index contributed by atoms with van der Waals surface area (Å²) in [5.74, 6) is -0.827. The molecule has 0 amide bonds. The van der Waals surface area contributed by atoms with Crippen LogP contribution in [0, 0.1) is 0 Å². The summed E-state index contributed by atoms with van der Waals surface area (Å²) in [7, 11) is 3.69. The van der Waals surface area contributed by atoms with Crippen LogP contribution in [0.15, 0.2) is 12.5 Å². The van der Waals surface area contributed by atoms with Crippen LogP contribution in [0.5, 0.6) is 0 Å². The third kappa shape index (κ3) is 2.36. The molecule has 1 heterocycles. The van der Waals surface area contributed by atoms with Gasteiger partial charge in [0, 0.05) is 19.8 Å². The van der Waals surface area contributed by atoms with E-state index >= 15 is 0 Å². The van der Waals surface area contributed by atoms with Gasteiger partial charge in [-0.3, -0.25) is 9.69 Å². The van der Waals surface area contributed by atoms with Gasteiger partial charge in [0.2, 0.25) is 0 Å². The average molecular weight is 211 g/mol. The van der Waals surface area contributed by atoms with Crippen LogP contribution in [0.25, 0.3) is 0 Å².